The molecule has 3 heteroatoms. The summed E-state index contributed by atoms with van der Waals surface area (Å²) in [6.07, 6.45) is -0.475. The first-order valence-electron chi connectivity index (χ1n) is 9.08. The minimum atomic E-state index is -0.475. The van der Waals surface area contributed by atoms with Crippen molar-refractivity contribution in [1.29, 1.82) is 0 Å². The third kappa shape index (κ3) is 3.18. The third-order valence-electron chi connectivity index (χ3n) is 4.88. The van der Waals surface area contributed by atoms with E-state index in [1.165, 1.54) is 32.9 Å². The lowest BCUT2D eigenvalue weighted by atomic mass is 10.1. The van der Waals surface area contributed by atoms with E-state index in [0.717, 1.165) is 5.69 Å². The Bertz CT molecular complexity index is 991. The van der Waals surface area contributed by atoms with Gasteiger partial charge in [0.1, 0.15) is 0 Å². The Morgan fingerprint density at radius 3 is 2.00 bits per heavy atom. The second-order valence-corrected chi connectivity index (χ2v) is 7.05. The molecule has 0 saturated heterocycles. The Kier molecular flexibility index (Phi) is 4.39. The van der Waals surface area contributed by atoms with Crippen LogP contribution in [0.15, 0.2) is 66.7 Å². The van der Waals surface area contributed by atoms with Gasteiger partial charge in [-0.15, -0.1) is 0 Å². The van der Waals surface area contributed by atoms with Crippen LogP contribution in [0.5, 0.6) is 0 Å². The van der Waals surface area contributed by atoms with Crippen LogP contribution in [-0.2, 0) is 6.54 Å². The summed E-state index contributed by atoms with van der Waals surface area (Å²) < 4.78 is 2.24. The van der Waals surface area contributed by atoms with Gasteiger partial charge in [0, 0.05) is 34.0 Å². The van der Waals surface area contributed by atoms with Gasteiger partial charge in [-0.05, 0) is 50.2 Å². The van der Waals surface area contributed by atoms with Crippen LogP contribution in [0.3, 0.4) is 0 Å². The summed E-state index contributed by atoms with van der Waals surface area (Å²) in [4.78, 5) is 0. The molecule has 132 valence electrons. The molecule has 0 aliphatic carbocycles. The van der Waals surface area contributed by atoms with Crippen LogP contribution in [0.2, 0.25) is 0 Å². The maximum atomic E-state index is 10.6. The van der Waals surface area contributed by atoms with E-state index >= 15 is 0 Å². The van der Waals surface area contributed by atoms with E-state index in [1.54, 1.807) is 0 Å². The SMILES string of the molecule is Cc1ccc2c(c1)c1cc(C)ccc1n2CC(O)CNc1ccccc1. The number of hydrogen-bond donors (Lipinski definition) is 2. The van der Waals surface area contributed by atoms with Gasteiger partial charge in [-0.1, -0.05) is 41.5 Å². The molecular weight excluding hydrogens is 320 g/mol. The lowest BCUT2D eigenvalue weighted by Gasteiger charge is -2.15. The predicted octanol–water partition coefficient (Wildman–Crippen LogP) is 4.88. The molecule has 4 rings (SSSR count). The first kappa shape index (κ1) is 16.7. The van der Waals surface area contributed by atoms with Gasteiger partial charge in [0.15, 0.2) is 0 Å². The van der Waals surface area contributed by atoms with Gasteiger partial charge in [-0.3, -0.25) is 0 Å². The maximum absolute atomic E-state index is 10.6. The predicted molar refractivity (Wildman–Crippen MR) is 110 cm³/mol. The van der Waals surface area contributed by atoms with Crippen LogP contribution < -0.4 is 5.32 Å². The molecular formula is C23H24N2O. The highest BCUT2D eigenvalue weighted by molar-refractivity contribution is 6.08. The first-order valence-corrected chi connectivity index (χ1v) is 9.08. The summed E-state index contributed by atoms with van der Waals surface area (Å²) >= 11 is 0. The number of fused-ring (bicyclic) bond motifs is 3. The Labute approximate surface area is 153 Å². The van der Waals surface area contributed by atoms with Crippen LogP contribution in [0.25, 0.3) is 21.8 Å². The topological polar surface area (TPSA) is 37.2 Å². The number of rotatable bonds is 5. The normalized spacial score (nSPS) is 12.6. The second kappa shape index (κ2) is 6.85. The van der Waals surface area contributed by atoms with Crippen LogP contribution in [-0.4, -0.2) is 22.3 Å². The number of aliphatic hydroxyl groups is 1. The van der Waals surface area contributed by atoms with E-state index in [4.69, 9.17) is 0 Å². The molecule has 26 heavy (non-hydrogen) atoms. The number of aliphatic hydroxyl groups excluding tert-OH is 1. The van der Waals surface area contributed by atoms with E-state index in [0.29, 0.717) is 13.1 Å². The molecule has 0 spiro atoms. The lowest BCUT2D eigenvalue weighted by Crippen LogP contribution is -2.24. The van der Waals surface area contributed by atoms with Gasteiger partial charge >= 0.3 is 0 Å². The standard InChI is InChI=1S/C23H24N2O/c1-16-8-10-22-20(12-16)21-13-17(2)9-11-23(21)25(22)15-19(26)14-24-18-6-4-3-5-7-18/h3-13,19,24,26H,14-15H2,1-2H3. The summed E-state index contributed by atoms with van der Waals surface area (Å²) in [7, 11) is 0. The fraction of sp³-hybridized carbons (Fsp3) is 0.217. The molecule has 0 aliphatic rings. The zero-order valence-corrected chi connectivity index (χ0v) is 15.2. The summed E-state index contributed by atoms with van der Waals surface area (Å²) in [5.74, 6) is 0. The highest BCUT2D eigenvalue weighted by atomic mass is 16.3. The molecule has 2 N–H and O–H groups in total. The molecule has 1 aromatic heterocycles. The van der Waals surface area contributed by atoms with Gasteiger partial charge in [0.25, 0.3) is 0 Å². The molecule has 3 aromatic carbocycles. The van der Waals surface area contributed by atoms with E-state index < -0.39 is 6.10 Å². The molecule has 1 heterocycles. The van der Waals surface area contributed by atoms with Crippen molar-refractivity contribution in [2.75, 3.05) is 11.9 Å². The highest BCUT2D eigenvalue weighted by Gasteiger charge is 2.14. The van der Waals surface area contributed by atoms with Crippen molar-refractivity contribution in [2.24, 2.45) is 0 Å². The number of nitrogens with one attached hydrogen (secondary N) is 1. The fourth-order valence-corrected chi connectivity index (χ4v) is 3.60. The van der Waals surface area contributed by atoms with Crippen molar-refractivity contribution >= 4 is 27.5 Å². The van der Waals surface area contributed by atoms with Crippen molar-refractivity contribution in [1.82, 2.24) is 4.57 Å². The molecule has 4 aromatic rings. The molecule has 1 atom stereocenters. The van der Waals surface area contributed by atoms with Crippen molar-refractivity contribution in [3.05, 3.63) is 77.9 Å². The largest absolute Gasteiger partial charge is 0.389 e. The van der Waals surface area contributed by atoms with Gasteiger partial charge in [0.05, 0.1) is 12.6 Å². The van der Waals surface area contributed by atoms with Crippen molar-refractivity contribution in [3.63, 3.8) is 0 Å². The van der Waals surface area contributed by atoms with E-state index in [1.807, 2.05) is 30.3 Å². The average Bonchev–Trinajstić information content (AvgIpc) is 2.93. The van der Waals surface area contributed by atoms with Crippen LogP contribution in [0.4, 0.5) is 5.69 Å². The summed E-state index contributed by atoms with van der Waals surface area (Å²) in [6, 6.07) is 23.1. The van der Waals surface area contributed by atoms with Crippen LogP contribution in [0.1, 0.15) is 11.1 Å². The number of para-hydroxylation sites is 1. The molecule has 3 nitrogen and oxygen atoms in total. The number of benzene rings is 3. The van der Waals surface area contributed by atoms with Gasteiger partial charge in [-0.2, -0.15) is 0 Å². The van der Waals surface area contributed by atoms with Gasteiger partial charge in [-0.25, -0.2) is 0 Å². The molecule has 0 fully saturated rings. The minimum Gasteiger partial charge on any atom is -0.389 e. The quantitative estimate of drug-likeness (QED) is 0.541. The number of aromatic nitrogens is 1. The monoisotopic (exact) mass is 344 g/mol. The van der Waals surface area contributed by atoms with Crippen molar-refractivity contribution in [2.45, 2.75) is 26.5 Å². The van der Waals surface area contributed by atoms with Gasteiger partial charge in [0.2, 0.25) is 0 Å². The summed E-state index contributed by atoms with van der Waals surface area (Å²) in [5.41, 5.74) is 5.89. The Hall–Kier alpha value is -2.78. The first-order chi connectivity index (χ1) is 12.6. The zero-order chi connectivity index (χ0) is 18.1. The number of aryl methyl sites for hydroxylation is 2. The fourth-order valence-electron chi connectivity index (χ4n) is 3.60. The lowest BCUT2D eigenvalue weighted by molar-refractivity contribution is 0.169. The molecule has 0 bridgehead atoms. The Morgan fingerprint density at radius 2 is 1.42 bits per heavy atom. The maximum Gasteiger partial charge on any atom is 0.0891 e. The number of nitrogens with zero attached hydrogens (tertiary/aromatic N) is 1. The summed E-state index contributed by atoms with van der Waals surface area (Å²) in [5, 5.41) is 16.4. The molecule has 0 saturated carbocycles. The molecule has 1 unspecified atom stereocenters. The molecule has 0 radical (unpaired) electrons. The Balaban J connectivity index is 1.66. The van der Waals surface area contributed by atoms with E-state index in [-0.39, 0.29) is 0 Å². The van der Waals surface area contributed by atoms with Gasteiger partial charge < -0.3 is 15.0 Å². The van der Waals surface area contributed by atoms with E-state index in [9.17, 15) is 5.11 Å². The van der Waals surface area contributed by atoms with Crippen molar-refractivity contribution < 1.29 is 5.11 Å². The molecule has 0 aliphatic heterocycles. The smallest absolute Gasteiger partial charge is 0.0891 e. The number of anilines is 1. The second-order valence-electron chi connectivity index (χ2n) is 7.05. The highest BCUT2D eigenvalue weighted by Crippen LogP contribution is 2.30. The van der Waals surface area contributed by atoms with Crippen LogP contribution >= 0.6 is 0 Å². The van der Waals surface area contributed by atoms with Crippen LogP contribution in [0, 0.1) is 13.8 Å². The zero-order valence-electron chi connectivity index (χ0n) is 15.2. The van der Waals surface area contributed by atoms with E-state index in [2.05, 4.69) is 60.1 Å². The Morgan fingerprint density at radius 1 is 0.846 bits per heavy atom. The average molecular weight is 344 g/mol. The third-order valence-corrected chi connectivity index (χ3v) is 4.88. The number of hydrogen-bond acceptors (Lipinski definition) is 2. The summed E-state index contributed by atoms with van der Waals surface area (Å²) in [6.45, 7) is 5.32. The molecule has 0 amide bonds. The van der Waals surface area contributed by atoms with Crippen molar-refractivity contribution in [3.8, 4) is 0 Å². The minimum absolute atomic E-state index is 0.475.